The zero-order valence-electron chi connectivity index (χ0n) is 6.35. The van der Waals surface area contributed by atoms with Crippen molar-refractivity contribution in [3.05, 3.63) is 23.2 Å². The second-order valence-corrected chi connectivity index (χ2v) is 2.33. The second kappa shape index (κ2) is 3.49. The summed E-state index contributed by atoms with van der Waals surface area (Å²) in [6, 6.07) is 6.18. The van der Waals surface area contributed by atoms with Crippen LogP contribution >= 0.6 is 11.6 Å². The third kappa shape index (κ3) is 1.77. The topological polar surface area (TPSA) is 18.5 Å². The van der Waals surface area contributed by atoms with Crippen molar-refractivity contribution in [1.29, 1.82) is 0 Å². The first-order valence-corrected chi connectivity index (χ1v) is 3.45. The molecule has 11 heavy (non-hydrogen) atoms. The minimum Gasteiger partial charge on any atom is -0.497 e. The summed E-state index contributed by atoms with van der Waals surface area (Å²) in [5.74, 6) is 1.21. The Balaban J connectivity index is 2.99. The van der Waals surface area contributed by atoms with Gasteiger partial charge in [-0.05, 0) is 6.07 Å². The molecule has 0 fully saturated rings. The Hall–Kier alpha value is -0.890. The lowest BCUT2D eigenvalue weighted by atomic mass is 10.3. The van der Waals surface area contributed by atoms with Gasteiger partial charge >= 0.3 is 0 Å². The van der Waals surface area contributed by atoms with E-state index in [-0.39, 0.29) is 0 Å². The number of halogens is 1. The van der Waals surface area contributed by atoms with Gasteiger partial charge in [0, 0.05) is 12.1 Å². The molecule has 0 amide bonds. The molecular weight excluding hydrogens is 164 g/mol. The van der Waals surface area contributed by atoms with Crippen molar-refractivity contribution < 1.29 is 9.47 Å². The predicted molar refractivity (Wildman–Crippen MR) is 43.4 cm³/mol. The highest BCUT2D eigenvalue weighted by Gasteiger charge is 2.00. The lowest BCUT2D eigenvalue weighted by molar-refractivity contribution is 0.402. The molecule has 3 heteroatoms. The Kier molecular flexibility index (Phi) is 2.60. The molecule has 0 bridgehead atoms. The van der Waals surface area contributed by atoms with E-state index in [0.717, 1.165) is 0 Å². The maximum Gasteiger partial charge on any atom is 0.145 e. The summed E-state index contributed by atoms with van der Waals surface area (Å²) in [6.45, 7) is 0. The summed E-state index contributed by atoms with van der Waals surface area (Å²) in [7, 11) is 3.12. The number of methoxy groups -OCH3 is 2. The van der Waals surface area contributed by atoms with E-state index in [1.807, 2.05) is 0 Å². The van der Waals surface area contributed by atoms with Crippen LogP contribution in [0, 0.1) is 6.07 Å². The average Bonchev–Trinajstić information content (AvgIpc) is 2.04. The minimum atomic E-state index is 0.506. The summed E-state index contributed by atoms with van der Waals surface area (Å²) in [5.41, 5.74) is 0. The zero-order valence-corrected chi connectivity index (χ0v) is 7.11. The van der Waals surface area contributed by atoms with Crippen molar-refractivity contribution in [2.45, 2.75) is 0 Å². The SMILES string of the molecule is COc1c[c]c(OC)c(Cl)c1. The molecule has 0 heterocycles. The van der Waals surface area contributed by atoms with Crippen LogP contribution in [0.25, 0.3) is 0 Å². The monoisotopic (exact) mass is 171 g/mol. The molecule has 2 nitrogen and oxygen atoms in total. The van der Waals surface area contributed by atoms with Crippen molar-refractivity contribution in [3.63, 3.8) is 0 Å². The molecule has 0 saturated heterocycles. The lowest BCUT2D eigenvalue weighted by Crippen LogP contribution is -1.86. The van der Waals surface area contributed by atoms with Gasteiger partial charge in [0.05, 0.1) is 19.2 Å². The molecule has 0 aliphatic heterocycles. The molecule has 0 aromatic heterocycles. The molecule has 1 radical (unpaired) electrons. The van der Waals surface area contributed by atoms with Gasteiger partial charge in [0.1, 0.15) is 11.5 Å². The average molecular weight is 172 g/mol. The zero-order chi connectivity index (χ0) is 8.27. The Morgan fingerprint density at radius 1 is 1.36 bits per heavy atom. The van der Waals surface area contributed by atoms with Crippen molar-refractivity contribution >= 4 is 11.6 Å². The van der Waals surface area contributed by atoms with E-state index in [1.54, 1.807) is 26.4 Å². The maximum atomic E-state index is 5.77. The number of hydrogen-bond acceptors (Lipinski definition) is 2. The molecule has 0 atom stereocenters. The van der Waals surface area contributed by atoms with Crippen LogP contribution in [0.1, 0.15) is 0 Å². The van der Waals surface area contributed by atoms with Crippen LogP contribution in [-0.4, -0.2) is 14.2 Å². The fraction of sp³-hybridized carbons (Fsp3) is 0.250. The molecule has 0 saturated carbocycles. The highest BCUT2D eigenvalue weighted by molar-refractivity contribution is 6.32. The van der Waals surface area contributed by atoms with Crippen molar-refractivity contribution in [1.82, 2.24) is 0 Å². The van der Waals surface area contributed by atoms with Gasteiger partial charge in [0.15, 0.2) is 0 Å². The van der Waals surface area contributed by atoms with Gasteiger partial charge in [-0.1, -0.05) is 11.6 Å². The molecule has 0 spiro atoms. The van der Waals surface area contributed by atoms with Gasteiger partial charge in [-0.25, -0.2) is 0 Å². The fourth-order valence-corrected chi connectivity index (χ4v) is 0.951. The van der Waals surface area contributed by atoms with E-state index >= 15 is 0 Å². The smallest absolute Gasteiger partial charge is 0.145 e. The normalized spacial score (nSPS) is 9.36. The summed E-state index contributed by atoms with van der Waals surface area (Å²) < 4.78 is 9.82. The van der Waals surface area contributed by atoms with Gasteiger partial charge < -0.3 is 9.47 Å². The van der Waals surface area contributed by atoms with Gasteiger partial charge in [-0.3, -0.25) is 0 Å². The van der Waals surface area contributed by atoms with E-state index < -0.39 is 0 Å². The molecule has 0 aliphatic rings. The van der Waals surface area contributed by atoms with Gasteiger partial charge in [-0.2, -0.15) is 0 Å². The number of hydrogen-bond donors (Lipinski definition) is 0. The van der Waals surface area contributed by atoms with Crippen LogP contribution in [0.5, 0.6) is 11.5 Å². The highest BCUT2D eigenvalue weighted by atomic mass is 35.5. The third-order valence-corrected chi connectivity index (χ3v) is 1.55. The molecular formula is C8H8ClO2. The van der Waals surface area contributed by atoms with Crippen LogP contribution in [0.15, 0.2) is 12.1 Å². The minimum absolute atomic E-state index is 0.506. The quantitative estimate of drug-likeness (QED) is 0.679. The second-order valence-electron chi connectivity index (χ2n) is 1.92. The molecule has 0 aliphatic carbocycles. The molecule has 0 N–H and O–H groups in total. The standard InChI is InChI=1S/C8H8ClO2/c1-10-6-3-4-8(11-2)7(9)5-6/h3,5H,1-2H3. The van der Waals surface area contributed by atoms with Gasteiger partial charge in [0.2, 0.25) is 0 Å². The maximum absolute atomic E-state index is 5.77. The summed E-state index contributed by atoms with van der Waals surface area (Å²) in [4.78, 5) is 0. The van der Waals surface area contributed by atoms with Crippen LogP contribution in [-0.2, 0) is 0 Å². The van der Waals surface area contributed by atoms with Crippen LogP contribution in [0.4, 0.5) is 0 Å². The Morgan fingerprint density at radius 3 is 2.55 bits per heavy atom. The van der Waals surface area contributed by atoms with E-state index in [2.05, 4.69) is 6.07 Å². The lowest BCUT2D eigenvalue weighted by Gasteiger charge is -2.03. The molecule has 1 rings (SSSR count). The highest BCUT2D eigenvalue weighted by Crippen LogP contribution is 2.27. The number of ether oxygens (including phenoxy) is 2. The first-order chi connectivity index (χ1) is 5.27. The fourth-order valence-electron chi connectivity index (χ4n) is 0.712. The van der Waals surface area contributed by atoms with Crippen LogP contribution in [0.2, 0.25) is 5.02 Å². The number of rotatable bonds is 2. The van der Waals surface area contributed by atoms with Gasteiger partial charge in [-0.15, -0.1) is 0 Å². The Morgan fingerprint density at radius 2 is 2.09 bits per heavy atom. The van der Waals surface area contributed by atoms with E-state index in [1.165, 1.54) is 0 Å². The molecule has 1 aromatic carbocycles. The van der Waals surface area contributed by atoms with E-state index in [9.17, 15) is 0 Å². The first kappa shape index (κ1) is 8.21. The largest absolute Gasteiger partial charge is 0.497 e. The first-order valence-electron chi connectivity index (χ1n) is 3.07. The Labute approximate surface area is 70.7 Å². The van der Waals surface area contributed by atoms with Crippen LogP contribution in [0.3, 0.4) is 0 Å². The molecule has 0 unspecified atom stereocenters. The molecule has 59 valence electrons. The van der Waals surface area contributed by atoms with Gasteiger partial charge in [0.25, 0.3) is 0 Å². The summed E-state index contributed by atoms with van der Waals surface area (Å²) >= 11 is 5.77. The summed E-state index contributed by atoms with van der Waals surface area (Å²) in [5, 5.41) is 0.506. The predicted octanol–water partition coefficient (Wildman–Crippen LogP) is 2.16. The van der Waals surface area contributed by atoms with Crippen molar-refractivity contribution in [2.24, 2.45) is 0 Å². The third-order valence-electron chi connectivity index (χ3n) is 1.27. The summed E-state index contributed by atoms with van der Waals surface area (Å²) in [6.07, 6.45) is 0. The van der Waals surface area contributed by atoms with Crippen molar-refractivity contribution in [3.8, 4) is 11.5 Å². The van der Waals surface area contributed by atoms with Crippen LogP contribution < -0.4 is 9.47 Å². The van der Waals surface area contributed by atoms with E-state index in [4.69, 9.17) is 21.1 Å². The molecule has 1 aromatic rings. The Bertz CT molecular complexity index is 248. The van der Waals surface area contributed by atoms with E-state index in [0.29, 0.717) is 16.5 Å². The number of benzene rings is 1. The van der Waals surface area contributed by atoms with Crippen molar-refractivity contribution in [2.75, 3.05) is 14.2 Å².